The van der Waals surface area contributed by atoms with E-state index in [9.17, 15) is 13.2 Å². The van der Waals surface area contributed by atoms with Crippen LogP contribution in [0.5, 0.6) is 0 Å². The maximum atomic E-state index is 12.9. The van der Waals surface area contributed by atoms with Gasteiger partial charge >= 0.3 is 0 Å². The zero-order valence-electron chi connectivity index (χ0n) is 17.8. The van der Waals surface area contributed by atoms with Gasteiger partial charge in [0.2, 0.25) is 10.0 Å². The molecule has 0 bridgehead atoms. The molecule has 1 N–H and O–H groups in total. The molecule has 2 aliphatic heterocycles. The van der Waals surface area contributed by atoms with Gasteiger partial charge in [-0.3, -0.25) is 4.79 Å². The second-order valence-corrected chi connectivity index (χ2v) is 10.1. The summed E-state index contributed by atoms with van der Waals surface area (Å²) in [6.07, 6.45) is 3.11. The van der Waals surface area contributed by atoms with Crippen LogP contribution in [-0.4, -0.2) is 80.9 Å². The summed E-state index contributed by atoms with van der Waals surface area (Å²) < 4.78 is 27.2. The third kappa shape index (κ3) is 5.06. The number of piperidine rings is 1. The van der Waals surface area contributed by atoms with E-state index in [-0.39, 0.29) is 16.8 Å². The first-order valence-corrected chi connectivity index (χ1v) is 12.1. The molecule has 0 saturated carbocycles. The molecule has 0 aliphatic carbocycles. The number of nitrogens with zero attached hydrogens (tertiary/aromatic N) is 4. The van der Waals surface area contributed by atoms with Crippen molar-refractivity contribution >= 4 is 21.7 Å². The van der Waals surface area contributed by atoms with E-state index < -0.39 is 10.0 Å². The van der Waals surface area contributed by atoms with Gasteiger partial charge in [0.1, 0.15) is 10.7 Å². The number of carbonyl (C=O) groups is 1. The lowest BCUT2D eigenvalue weighted by atomic mass is 10.0. The van der Waals surface area contributed by atoms with Crippen molar-refractivity contribution in [3.8, 4) is 0 Å². The lowest BCUT2D eigenvalue weighted by molar-refractivity contribution is 0.0931. The minimum absolute atomic E-state index is 0.0457. The molecular formula is C22H29N5O3S. The number of benzene rings is 1. The maximum Gasteiger partial charge on any atom is 0.251 e. The van der Waals surface area contributed by atoms with E-state index in [4.69, 9.17) is 0 Å². The van der Waals surface area contributed by atoms with Gasteiger partial charge in [-0.05, 0) is 44.2 Å². The van der Waals surface area contributed by atoms with E-state index in [2.05, 4.69) is 20.1 Å². The molecule has 4 rings (SSSR count). The molecule has 9 heteroatoms. The molecule has 0 atom stereocenters. The van der Waals surface area contributed by atoms with Crippen molar-refractivity contribution in [2.75, 3.05) is 51.2 Å². The SMILES string of the molecule is CN1CCN(S(=O)(=O)c2ccc(N3CCC(NC(=O)c4ccccc4)CC3)nc2)CC1. The molecule has 1 aromatic heterocycles. The van der Waals surface area contributed by atoms with Crippen LogP contribution >= 0.6 is 0 Å². The van der Waals surface area contributed by atoms with Gasteiger partial charge in [0.25, 0.3) is 5.91 Å². The van der Waals surface area contributed by atoms with E-state index in [0.717, 1.165) is 44.8 Å². The lowest BCUT2D eigenvalue weighted by Gasteiger charge is -2.33. The van der Waals surface area contributed by atoms with Crippen molar-refractivity contribution in [1.29, 1.82) is 0 Å². The summed E-state index contributed by atoms with van der Waals surface area (Å²) in [4.78, 5) is 21.3. The quantitative estimate of drug-likeness (QED) is 0.752. The number of pyridine rings is 1. The Morgan fingerprint density at radius 2 is 1.65 bits per heavy atom. The minimum Gasteiger partial charge on any atom is -0.356 e. The van der Waals surface area contributed by atoms with Crippen molar-refractivity contribution in [2.24, 2.45) is 0 Å². The highest BCUT2D eigenvalue weighted by molar-refractivity contribution is 7.89. The maximum absolute atomic E-state index is 12.9. The van der Waals surface area contributed by atoms with Gasteiger partial charge in [0, 0.05) is 57.1 Å². The topological polar surface area (TPSA) is 85.9 Å². The second-order valence-electron chi connectivity index (χ2n) is 8.16. The highest BCUT2D eigenvalue weighted by Gasteiger charge is 2.28. The zero-order valence-corrected chi connectivity index (χ0v) is 18.6. The van der Waals surface area contributed by atoms with Crippen molar-refractivity contribution in [3.05, 3.63) is 54.2 Å². The van der Waals surface area contributed by atoms with Gasteiger partial charge in [-0.2, -0.15) is 4.31 Å². The molecule has 2 fully saturated rings. The lowest BCUT2D eigenvalue weighted by Crippen LogP contribution is -2.47. The number of aromatic nitrogens is 1. The van der Waals surface area contributed by atoms with E-state index in [1.54, 1.807) is 12.1 Å². The smallest absolute Gasteiger partial charge is 0.251 e. The fraction of sp³-hybridized carbons (Fsp3) is 0.455. The van der Waals surface area contributed by atoms with Gasteiger partial charge in [-0.25, -0.2) is 13.4 Å². The Kier molecular flexibility index (Phi) is 6.54. The summed E-state index contributed by atoms with van der Waals surface area (Å²) >= 11 is 0. The molecule has 0 spiro atoms. The van der Waals surface area contributed by atoms with E-state index in [1.807, 2.05) is 37.4 Å². The summed E-state index contributed by atoms with van der Waals surface area (Å²) in [5.74, 6) is 0.723. The third-order valence-electron chi connectivity index (χ3n) is 6.01. The van der Waals surface area contributed by atoms with Crippen LogP contribution in [0.2, 0.25) is 0 Å². The minimum atomic E-state index is -3.50. The number of amides is 1. The van der Waals surface area contributed by atoms with Gasteiger partial charge in [-0.15, -0.1) is 0 Å². The van der Waals surface area contributed by atoms with Gasteiger partial charge in [0.05, 0.1) is 0 Å². The Labute approximate surface area is 183 Å². The van der Waals surface area contributed by atoms with Crippen molar-refractivity contribution < 1.29 is 13.2 Å². The van der Waals surface area contributed by atoms with Gasteiger partial charge in [-0.1, -0.05) is 18.2 Å². The Hall–Kier alpha value is -2.49. The fourth-order valence-corrected chi connectivity index (χ4v) is 5.37. The van der Waals surface area contributed by atoms with Crippen molar-refractivity contribution in [1.82, 2.24) is 19.5 Å². The van der Waals surface area contributed by atoms with Crippen LogP contribution in [0, 0.1) is 0 Å². The molecule has 2 aromatic rings. The molecule has 0 radical (unpaired) electrons. The molecule has 2 aliphatic rings. The molecule has 8 nitrogen and oxygen atoms in total. The first kappa shape index (κ1) is 21.7. The Bertz CT molecular complexity index is 982. The number of likely N-dealkylation sites (N-methyl/N-ethyl adjacent to an activating group) is 1. The van der Waals surface area contributed by atoms with Crippen LogP contribution in [0.1, 0.15) is 23.2 Å². The standard InChI is InChI=1S/C22H29N5O3S/c1-25-13-15-27(16-14-25)31(29,30)20-7-8-21(23-17-20)26-11-9-19(10-12-26)24-22(28)18-5-3-2-4-6-18/h2-8,17,19H,9-16H2,1H3,(H,24,28). The summed E-state index contributed by atoms with van der Waals surface area (Å²) in [6.45, 7) is 4.00. The van der Waals surface area contributed by atoms with Crippen LogP contribution in [0.3, 0.4) is 0 Å². The van der Waals surface area contributed by atoms with E-state index >= 15 is 0 Å². The number of carbonyl (C=O) groups excluding carboxylic acids is 1. The molecule has 3 heterocycles. The molecular weight excluding hydrogens is 414 g/mol. The monoisotopic (exact) mass is 443 g/mol. The van der Waals surface area contributed by atoms with Crippen LogP contribution in [0.15, 0.2) is 53.6 Å². The predicted octanol–water partition coefficient (Wildman–Crippen LogP) is 1.42. The van der Waals surface area contributed by atoms with Crippen LogP contribution in [0.4, 0.5) is 5.82 Å². The highest BCUT2D eigenvalue weighted by Crippen LogP contribution is 2.22. The highest BCUT2D eigenvalue weighted by atomic mass is 32.2. The Morgan fingerprint density at radius 3 is 2.26 bits per heavy atom. The number of anilines is 1. The van der Waals surface area contributed by atoms with Crippen LogP contribution < -0.4 is 10.2 Å². The molecule has 0 unspecified atom stereocenters. The Morgan fingerprint density at radius 1 is 0.968 bits per heavy atom. The van der Waals surface area contributed by atoms with E-state index in [1.165, 1.54) is 10.5 Å². The van der Waals surface area contributed by atoms with Gasteiger partial charge in [0.15, 0.2) is 0 Å². The number of sulfonamides is 1. The first-order valence-electron chi connectivity index (χ1n) is 10.7. The van der Waals surface area contributed by atoms with E-state index in [0.29, 0.717) is 18.7 Å². The number of rotatable bonds is 5. The second kappa shape index (κ2) is 9.33. The zero-order chi connectivity index (χ0) is 21.8. The van der Waals surface area contributed by atoms with Crippen LogP contribution in [0.25, 0.3) is 0 Å². The average Bonchev–Trinajstić information content (AvgIpc) is 2.80. The predicted molar refractivity (Wildman–Crippen MR) is 120 cm³/mol. The molecule has 1 amide bonds. The number of nitrogens with one attached hydrogen (secondary N) is 1. The normalized spacial score (nSPS) is 19.3. The third-order valence-corrected chi connectivity index (χ3v) is 7.89. The number of hydrogen-bond donors (Lipinski definition) is 1. The number of hydrogen-bond acceptors (Lipinski definition) is 6. The molecule has 2 saturated heterocycles. The summed E-state index contributed by atoms with van der Waals surface area (Å²) in [7, 11) is -1.51. The molecule has 1 aromatic carbocycles. The van der Waals surface area contributed by atoms with Gasteiger partial charge < -0.3 is 15.1 Å². The van der Waals surface area contributed by atoms with Crippen LogP contribution in [-0.2, 0) is 10.0 Å². The van der Waals surface area contributed by atoms with Crippen molar-refractivity contribution in [2.45, 2.75) is 23.8 Å². The largest absolute Gasteiger partial charge is 0.356 e. The summed E-state index contributed by atoms with van der Waals surface area (Å²) in [5, 5.41) is 3.10. The molecule has 166 valence electrons. The summed E-state index contributed by atoms with van der Waals surface area (Å²) in [6, 6.07) is 12.8. The summed E-state index contributed by atoms with van der Waals surface area (Å²) in [5.41, 5.74) is 0.670. The average molecular weight is 444 g/mol. The number of piperazine rings is 1. The molecule has 31 heavy (non-hydrogen) atoms. The first-order chi connectivity index (χ1) is 14.9. The fourth-order valence-electron chi connectivity index (χ4n) is 4.00. The van der Waals surface area contributed by atoms with Crippen molar-refractivity contribution in [3.63, 3.8) is 0 Å². The Balaban J connectivity index is 1.33.